The molecule has 0 radical (unpaired) electrons. The largest absolute Gasteiger partial charge is 0.310 e. The van der Waals surface area contributed by atoms with Gasteiger partial charge in [0.05, 0.1) is 17.2 Å². The lowest BCUT2D eigenvalue weighted by Crippen LogP contribution is -2.24. The molecule has 0 aliphatic carbocycles. The Kier molecular flexibility index (Phi) is 4.45. The smallest absolute Gasteiger partial charge is 0.269 e. The molecule has 0 N–H and O–H groups in total. The van der Waals surface area contributed by atoms with Crippen molar-refractivity contribution < 1.29 is 8.42 Å². The Morgan fingerprint density at radius 3 is 2.53 bits per heavy atom. The molecule has 0 amide bonds. The molecule has 0 aliphatic rings. The van der Waals surface area contributed by atoms with Gasteiger partial charge in [-0.1, -0.05) is 0 Å². The van der Waals surface area contributed by atoms with Crippen LogP contribution in [-0.2, 0) is 16.4 Å². The molecule has 0 spiro atoms. The number of hydrogen-bond donors (Lipinski definition) is 0. The lowest BCUT2D eigenvalue weighted by Gasteiger charge is -2.10. The van der Waals surface area contributed by atoms with E-state index in [-0.39, 0.29) is 16.6 Å². The summed E-state index contributed by atoms with van der Waals surface area (Å²) in [6.45, 7) is 5.53. The number of aryl methyl sites for hydroxylation is 1. The molecule has 1 aromatic heterocycles. The summed E-state index contributed by atoms with van der Waals surface area (Å²) in [4.78, 5) is 15.3. The molecule has 0 aromatic carbocycles. The van der Waals surface area contributed by atoms with Crippen LogP contribution in [0.3, 0.4) is 0 Å². The van der Waals surface area contributed by atoms with Crippen LogP contribution < -0.4 is 5.56 Å². The highest BCUT2D eigenvalue weighted by Crippen LogP contribution is 2.04. The third kappa shape index (κ3) is 3.66. The number of hydrogen-bond acceptors (Lipinski definition) is 4. The topological polar surface area (TPSA) is 69.0 Å². The van der Waals surface area contributed by atoms with Crippen molar-refractivity contribution in [3.63, 3.8) is 0 Å². The van der Waals surface area contributed by atoms with Crippen LogP contribution in [0.5, 0.6) is 0 Å². The summed E-state index contributed by atoms with van der Waals surface area (Å²) >= 11 is 0. The molecule has 1 heterocycles. The van der Waals surface area contributed by atoms with E-state index in [0.29, 0.717) is 13.0 Å². The van der Waals surface area contributed by atoms with Crippen LogP contribution in [0.25, 0.3) is 0 Å². The first-order chi connectivity index (χ1) is 7.84. The SMILES string of the molecule is Cc1cncc(=O)n1CCCS(=O)(=O)C(C)C. The second-order valence-corrected chi connectivity index (χ2v) is 6.98. The van der Waals surface area contributed by atoms with Crippen LogP contribution in [0.4, 0.5) is 0 Å². The maximum Gasteiger partial charge on any atom is 0.269 e. The van der Waals surface area contributed by atoms with E-state index in [0.717, 1.165) is 5.69 Å². The van der Waals surface area contributed by atoms with Crippen LogP contribution in [0, 0.1) is 6.92 Å². The molecule has 0 bridgehead atoms. The molecule has 17 heavy (non-hydrogen) atoms. The zero-order chi connectivity index (χ0) is 13.1. The van der Waals surface area contributed by atoms with E-state index >= 15 is 0 Å². The second-order valence-electron chi connectivity index (χ2n) is 4.31. The molecule has 1 aromatic rings. The van der Waals surface area contributed by atoms with Gasteiger partial charge < -0.3 is 4.57 Å². The molecule has 0 fully saturated rings. The molecule has 1 rings (SSSR count). The van der Waals surface area contributed by atoms with Gasteiger partial charge in [0.15, 0.2) is 9.84 Å². The molecule has 0 saturated heterocycles. The van der Waals surface area contributed by atoms with Crippen molar-refractivity contribution in [1.82, 2.24) is 9.55 Å². The van der Waals surface area contributed by atoms with Gasteiger partial charge in [-0.25, -0.2) is 8.42 Å². The van der Waals surface area contributed by atoms with Crippen molar-refractivity contribution in [3.05, 3.63) is 28.4 Å². The fourth-order valence-corrected chi connectivity index (χ4v) is 2.47. The monoisotopic (exact) mass is 258 g/mol. The molecular formula is C11H18N2O3S. The Bertz CT molecular complexity index is 532. The second kappa shape index (κ2) is 5.44. The van der Waals surface area contributed by atoms with E-state index in [1.165, 1.54) is 6.20 Å². The Hall–Kier alpha value is -1.17. The first-order valence-corrected chi connectivity index (χ1v) is 7.29. The highest BCUT2D eigenvalue weighted by Gasteiger charge is 2.15. The predicted octanol–water partition coefficient (Wildman–Crippen LogP) is 0.765. The summed E-state index contributed by atoms with van der Waals surface area (Å²) in [6, 6.07) is 0. The number of sulfone groups is 1. The number of rotatable bonds is 5. The number of nitrogens with zero attached hydrogens (tertiary/aromatic N) is 2. The lowest BCUT2D eigenvalue weighted by molar-refractivity contribution is 0.573. The fraction of sp³-hybridized carbons (Fsp3) is 0.636. The quantitative estimate of drug-likeness (QED) is 0.782. The van der Waals surface area contributed by atoms with Crippen LogP contribution in [0.15, 0.2) is 17.2 Å². The molecule has 0 saturated carbocycles. The van der Waals surface area contributed by atoms with E-state index in [1.54, 1.807) is 31.5 Å². The standard InChI is InChI=1S/C11H18N2O3S/c1-9(2)17(15,16)6-4-5-13-10(3)7-12-8-11(13)14/h7-9H,4-6H2,1-3H3. The summed E-state index contributed by atoms with van der Waals surface area (Å²) in [5, 5.41) is -0.363. The average molecular weight is 258 g/mol. The van der Waals surface area contributed by atoms with Gasteiger partial charge in [0, 0.05) is 18.4 Å². The minimum atomic E-state index is -3.03. The molecule has 0 aliphatic heterocycles. The van der Waals surface area contributed by atoms with Crippen molar-refractivity contribution >= 4 is 9.84 Å². The normalized spacial score (nSPS) is 12.0. The maximum absolute atomic E-state index is 11.6. The van der Waals surface area contributed by atoms with Crippen molar-refractivity contribution in [1.29, 1.82) is 0 Å². The Balaban J connectivity index is 2.67. The van der Waals surface area contributed by atoms with Crippen LogP contribution >= 0.6 is 0 Å². The molecule has 96 valence electrons. The molecular weight excluding hydrogens is 240 g/mol. The van der Waals surface area contributed by atoms with Gasteiger partial charge in [0.2, 0.25) is 0 Å². The zero-order valence-corrected chi connectivity index (χ0v) is 11.2. The van der Waals surface area contributed by atoms with Gasteiger partial charge in [-0.05, 0) is 27.2 Å². The molecule has 0 atom stereocenters. The summed E-state index contributed by atoms with van der Waals surface area (Å²) < 4.78 is 24.7. The molecule has 5 nitrogen and oxygen atoms in total. The molecule has 0 unspecified atom stereocenters. The van der Waals surface area contributed by atoms with E-state index in [4.69, 9.17) is 0 Å². The highest BCUT2D eigenvalue weighted by molar-refractivity contribution is 7.91. The molecule has 6 heteroatoms. The van der Waals surface area contributed by atoms with Crippen molar-refractivity contribution in [2.45, 2.75) is 39.0 Å². The van der Waals surface area contributed by atoms with E-state index in [1.807, 2.05) is 0 Å². The number of aromatic nitrogens is 2. The first-order valence-electron chi connectivity index (χ1n) is 5.57. The fourth-order valence-electron chi connectivity index (χ4n) is 1.47. The van der Waals surface area contributed by atoms with Gasteiger partial charge in [0.25, 0.3) is 5.56 Å². The van der Waals surface area contributed by atoms with Crippen LogP contribution in [-0.4, -0.2) is 29.0 Å². The van der Waals surface area contributed by atoms with E-state index in [2.05, 4.69) is 4.98 Å². The van der Waals surface area contributed by atoms with Gasteiger partial charge in [-0.2, -0.15) is 0 Å². The van der Waals surface area contributed by atoms with Gasteiger partial charge in [-0.3, -0.25) is 9.78 Å². The summed E-state index contributed by atoms with van der Waals surface area (Å²) in [5.41, 5.74) is 0.561. The predicted molar refractivity (Wildman–Crippen MR) is 66.8 cm³/mol. The summed E-state index contributed by atoms with van der Waals surface area (Å²) in [5.74, 6) is 0.110. The Labute approximate surface area is 101 Å². The van der Waals surface area contributed by atoms with Gasteiger partial charge in [0.1, 0.15) is 0 Å². The third-order valence-corrected chi connectivity index (χ3v) is 4.96. The van der Waals surface area contributed by atoms with Crippen LogP contribution in [0.2, 0.25) is 0 Å². The average Bonchev–Trinajstić information content (AvgIpc) is 2.22. The third-order valence-electron chi connectivity index (χ3n) is 2.67. The minimum Gasteiger partial charge on any atom is -0.310 e. The van der Waals surface area contributed by atoms with Crippen molar-refractivity contribution in [2.24, 2.45) is 0 Å². The van der Waals surface area contributed by atoms with Crippen molar-refractivity contribution in [3.8, 4) is 0 Å². The zero-order valence-electron chi connectivity index (χ0n) is 10.4. The first kappa shape index (κ1) is 13.9. The Morgan fingerprint density at radius 2 is 2.00 bits per heavy atom. The van der Waals surface area contributed by atoms with Crippen LogP contribution in [0.1, 0.15) is 26.0 Å². The summed E-state index contributed by atoms with van der Waals surface area (Å²) in [6.07, 6.45) is 3.29. The lowest BCUT2D eigenvalue weighted by atomic mass is 10.4. The minimum absolute atomic E-state index is 0.110. The Morgan fingerprint density at radius 1 is 1.35 bits per heavy atom. The highest BCUT2D eigenvalue weighted by atomic mass is 32.2. The van der Waals surface area contributed by atoms with E-state index < -0.39 is 9.84 Å². The van der Waals surface area contributed by atoms with E-state index in [9.17, 15) is 13.2 Å². The summed E-state index contributed by atoms with van der Waals surface area (Å²) in [7, 11) is -3.03. The van der Waals surface area contributed by atoms with Crippen molar-refractivity contribution in [2.75, 3.05) is 5.75 Å². The van der Waals surface area contributed by atoms with Gasteiger partial charge >= 0.3 is 0 Å². The van der Waals surface area contributed by atoms with Gasteiger partial charge in [-0.15, -0.1) is 0 Å². The maximum atomic E-state index is 11.6.